The number of Topliss-reactive ketones (excluding diaryl/α,β-unsaturated/α-hetero) is 1. The Morgan fingerprint density at radius 1 is 1.11 bits per heavy atom. The van der Waals surface area contributed by atoms with Crippen molar-refractivity contribution in [3.05, 3.63) is 53.3 Å². The van der Waals surface area contributed by atoms with E-state index in [1.54, 1.807) is 0 Å². The molecule has 0 fully saturated rings. The summed E-state index contributed by atoms with van der Waals surface area (Å²) in [4.78, 5) is 11.8. The molecule has 1 heterocycles. The molecule has 3 nitrogen and oxygen atoms in total. The van der Waals surface area contributed by atoms with Gasteiger partial charge in [0.2, 0.25) is 0 Å². The van der Waals surface area contributed by atoms with Crippen molar-refractivity contribution in [3.63, 3.8) is 0 Å². The maximum Gasteiger partial charge on any atom is 0.164 e. The van der Waals surface area contributed by atoms with E-state index >= 15 is 0 Å². The minimum Gasteiger partial charge on any atom is -0.330 e. The molecule has 19 heavy (non-hydrogen) atoms. The SMILES string of the molecule is NCCc1ccc(-n2ccc3c2CCCC3=O)cc1. The number of carbonyl (C=O) groups excluding carboxylic acids is 1. The molecule has 1 aromatic heterocycles. The highest BCUT2D eigenvalue weighted by molar-refractivity contribution is 5.98. The number of nitrogens with two attached hydrogens (primary N) is 1. The number of fused-ring (bicyclic) bond motifs is 1. The zero-order valence-electron chi connectivity index (χ0n) is 10.9. The lowest BCUT2D eigenvalue weighted by atomic mass is 9.96. The van der Waals surface area contributed by atoms with E-state index in [2.05, 4.69) is 28.8 Å². The van der Waals surface area contributed by atoms with Crippen LogP contribution in [0.3, 0.4) is 0 Å². The van der Waals surface area contributed by atoms with Gasteiger partial charge in [0.1, 0.15) is 0 Å². The van der Waals surface area contributed by atoms with Gasteiger partial charge in [-0.15, -0.1) is 0 Å². The predicted octanol–water partition coefficient (Wildman–Crippen LogP) is 2.50. The van der Waals surface area contributed by atoms with Crippen LogP contribution in [0.1, 0.15) is 34.5 Å². The second kappa shape index (κ2) is 5.02. The zero-order chi connectivity index (χ0) is 13.2. The molecule has 1 aromatic carbocycles. The lowest BCUT2D eigenvalue weighted by Gasteiger charge is -2.15. The molecule has 98 valence electrons. The van der Waals surface area contributed by atoms with Gasteiger partial charge in [-0.25, -0.2) is 0 Å². The van der Waals surface area contributed by atoms with Gasteiger partial charge in [0.25, 0.3) is 0 Å². The lowest BCUT2D eigenvalue weighted by molar-refractivity contribution is 0.0972. The first kappa shape index (κ1) is 12.2. The summed E-state index contributed by atoms with van der Waals surface area (Å²) in [6, 6.07) is 10.4. The van der Waals surface area contributed by atoms with Crippen LogP contribution >= 0.6 is 0 Å². The average Bonchev–Trinajstić information content (AvgIpc) is 2.85. The Bertz CT molecular complexity index is 596. The van der Waals surface area contributed by atoms with Crippen LogP contribution in [0.2, 0.25) is 0 Å². The van der Waals surface area contributed by atoms with E-state index in [1.165, 1.54) is 5.56 Å². The summed E-state index contributed by atoms with van der Waals surface area (Å²) in [5.74, 6) is 0.278. The Labute approximate surface area is 113 Å². The van der Waals surface area contributed by atoms with Gasteiger partial charge in [-0.3, -0.25) is 4.79 Å². The fourth-order valence-electron chi connectivity index (χ4n) is 2.76. The Kier molecular flexibility index (Phi) is 3.22. The zero-order valence-corrected chi connectivity index (χ0v) is 10.9. The largest absolute Gasteiger partial charge is 0.330 e. The van der Waals surface area contributed by atoms with Gasteiger partial charge < -0.3 is 10.3 Å². The normalized spacial score (nSPS) is 14.5. The number of hydrogen-bond acceptors (Lipinski definition) is 2. The van der Waals surface area contributed by atoms with Crippen molar-refractivity contribution in [2.45, 2.75) is 25.7 Å². The molecule has 2 aromatic rings. The van der Waals surface area contributed by atoms with Crippen molar-refractivity contribution >= 4 is 5.78 Å². The van der Waals surface area contributed by atoms with Gasteiger partial charge in [-0.05, 0) is 49.6 Å². The first-order valence-electron chi connectivity index (χ1n) is 6.82. The average molecular weight is 254 g/mol. The number of hydrogen-bond donors (Lipinski definition) is 1. The number of carbonyl (C=O) groups is 1. The summed E-state index contributed by atoms with van der Waals surface area (Å²) in [5, 5.41) is 0. The summed E-state index contributed by atoms with van der Waals surface area (Å²) in [7, 11) is 0. The van der Waals surface area contributed by atoms with E-state index in [4.69, 9.17) is 5.73 Å². The van der Waals surface area contributed by atoms with Gasteiger partial charge >= 0.3 is 0 Å². The van der Waals surface area contributed by atoms with E-state index in [0.29, 0.717) is 13.0 Å². The molecule has 0 saturated carbocycles. The van der Waals surface area contributed by atoms with Crippen LogP contribution < -0.4 is 5.73 Å². The van der Waals surface area contributed by atoms with E-state index in [9.17, 15) is 4.79 Å². The van der Waals surface area contributed by atoms with Crippen LogP contribution in [0.25, 0.3) is 5.69 Å². The van der Waals surface area contributed by atoms with Crippen molar-refractivity contribution in [2.24, 2.45) is 5.73 Å². The molecule has 0 unspecified atom stereocenters. The molecule has 1 aliphatic rings. The first-order valence-corrected chi connectivity index (χ1v) is 6.82. The van der Waals surface area contributed by atoms with Gasteiger partial charge in [0.05, 0.1) is 0 Å². The van der Waals surface area contributed by atoms with Gasteiger partial charge in [0.15, 0.2) is 5.78 Å². The minimum atomic E-state index is 0.278. The number of benzene rings is 1. The van der Waals surface area contributed by atoms with Crippen LogP contribution in [0.15, 0.2) is 36.5 Å². The predicted molar refractivity (Wildman–Crippen MR) is 75.8 cm³/mol. The molecular formula is C16H18N2O. The Morgan fingerprint density at radius 3 is 2.63 bits per heavy atom. The molecular weight excluding hydrogens is 236 g/mol. The van der Waals surface area contributed by atoms with Crippen molar-refractivity contribution < 1.29 is 4.79 Å². The molecule has 3 heteroatoms. The number of ketones is 1. The second-order valence-corrected chi connectivity index (χ2v) is 5.03. The molecule has 0 radical (unpaired) electrons. The van der Waals surface area contributed by atoms with Crippen molar-refractivity contribution in [3.8, 4) is 5.69 Å². The third kappa shape index (κ3) is 2.22. The van der Waals surface area contributed by atoms with Crippen molar-refractivity contribution in [2.75, 3.05) is 6.54 Å². The summed E-state index contributed by atoms with van der Waals surface area (Å²) >= 11 is 0. The van der Waals surface area contributed by atoms with Crippen LogP contribution in [0.4, 0.5) is 0 Å². The molecule has 0 bridgehead atoms. The smallest absolute Gasteiger partial charge is 0.164 e. The molecule has 0 spiro atoms. The maximum absolute atomic E-state index is 11.8. The van der Waals surface area contributed by atoms with Gasteiger partial charge in [-0.1, -0.05) is 12.1 Å². The van der Waals surface area contributed by atoms with E-state index in [0.717, 1.165) is 36.2 Å². The molecule has 0 saturated heterocycles. The Morgan fingerprint density at radius 2 is 1.89 bits per heavy atom. The standard InChI is InChI=1S/C16H18N2O/c17-10-8-12-4-6-13(7-5-12)18-11-9-14-15(18)2-1-3-16(14)19/h4-7,9,11H,1-3,8,10,17H2. The second-order valence-electron chi connectivity index (χ2n) is 5.03. The Balaban J connectivity index is 1.96. The molecule has 0 aliphatic heterocycles. The van der Waals surface area contributed by atoms with Crippen LogP contribution in [-0.4, -0.2) is 16.9 Å². The molecule has 0 amide bonds. The number of aromatic nitrogens is 1. The minimum absolute atomic E-state index is 0.278. The third-order valence-corrected chi connectivity index (χ3v) is 3.76. The summed E-state index contributed by atoms with van der Waals surface area (Å²) < 4.78 is 2.14. The van der Waals surface area contributed by atoms with Crippen molar-refractivity contribution in [1.29, 1.82) is 0 Å². The number of nitrogens with zero attached hydrogens (tertiary/aromatic N) is 1. The highest BCUT2D eigenvalue weighted by Gasteiger charge is 2.20. The summed E-state index contributed by atoms with van der Waals surface area (Å²) in [5.41, 5.74) is 9.99. The molecule has 3 rings (SSSR count). The van der Waals surface area contributed by atoms with Crippen LogP contribution in [0.5, 0.6) is 0 Å². The number of rotatable bonds is 3. The third-order valence-electron chi connectivity index (χ3n) is 3.76. The first-order chi connectivity index (χ1) is 9.29. The fraction of sp³-hybridized carbons (Fsp3) is 0.312. The van der Waals surface area contributed by atoms with Crippen LogP contribution in [0, 0.1) is 0 Å². The highest BCUT2D eigenvalue weighted by Crippen LogP contribution is 2.25. The van der Waals surface area contributed by atoms with Gasteiger partial charge in [0, 0.05) is 29.6 Å². The molecule has 0 atom stereocenters. The molecule has 1 aliphatic carbocycles. The fourth-order valence-corrected chi connectivity index (χ4v) is 2.76. The monoisotopic (exact) mass is 254 g/mol. The molecule has 2 N–H and O–H groups in total. The van der Waals surface area contributed by atoms with Crippen molar-refractivity contribution in [1.82, 2.24) is 4.57 Å². The lowest BCUT2D eigenvalue weighted by Crippen LogP contribution is -2.12. The maximum atomic E-state index is 11.8. The van der Waals surface area contributed by atoms with E-state index in [-0.39, 0.29) is 5.78 Å². The summed E-state index contributed by atoms with van der Waals surface area (Å²) in [6.45, 7) is 0.673. The van der Waals surface area contributed by atoms with E-state index in [1.807, 2.05) is 12.3 Å². The Hall–Kier alpha value is -1.87. The van der Waals surface area contributed by atoms with Crippen LogP contribution in [-0.2, 0) is 12.8 Å². The van der Waals surface area contributed by atoms with Gasteiger partial charge in [-0.2, -0.15) is 0 Å². The highest BCUT2D eigenvalue weighted by atomic mass is 16.1. The van der Waals surface area contributed by atoms with E-state index < -0.39 is 0 Å². The summed E-state index contributed by atoms with van der Waals surface area (Å²) in [6.07, 6.45) is 5.54. The quantitative estimate of drug-likeness (QED) is 0.914. The topological polar surface area (TPSA) is 48.0 Å².